The molecule has 1 aromatic heterocycles. The molecule has 0 saturated heterocycles. The van der Waals surface area contributed by atoms with E-state index in [1.807, 2.05) is 30.3 Å². The number of rotatable bonds is 4. The van der Waals surface area contributed by atoms with Crippen LogP contribution in [0, 0.1) is 0 Å². The van der Waals surface area contributed by atoms with Crippen LogP contribution in [0.4, 0.5) is 0 Å². The predicted molar refractivity (Wildman–Crippen MR) is 80.3 cm³/mol. The van der Waals surface area contributed by atoms with Crippen molar-refractivity contribution in [2.45, 2.75) is 13.0 Å². The number of fused-ring (bicyclic) bond motifs is 1. The van der Waals surface area contributed by atoms with Gasteiger partial charge in [0.1, 0.15) is 0 Å². The van der Waals surface area contributed by atoms with Gasteiger partial charge in [0.2, 0.25) is 0 Å². The quantitative estimate of drug-likeness (QED) is 0.711. The minimum atomic E-state index is -1.22. The highest BCUT2D eigenvalue weighted by molar-refractivity contribution is 5.86. The van der Waals surface area contributed by atoms with Crippen molar-refractivity contribution >= 4 is 16.7 Å². The highest BCUT2D eigenvalue weighted by Gasteiger charge is 2.10. The number of hydrogen-bond donors (Lipinski definition) is 0. The second-order valence-corrected chi connectivity index (χ2v) is 4.99. The molecule has 0 aliphatic heterocycles. The van der Waals surface area contributed by atoms with Crippen LogP contribution in [0.5, 0.6) is 0 Å². The van der Waals surface area contributed by atoms with Crippen LogP contribution in [-0.2, 0) is 17.8 Å². The van der Waals surface area contributed by atoms with Crippen LogP contribution in [0.3, 0.4) is 0 Å². The number of carbonyl (C=O) groups excluding carboxylic acids is 1. The van der Waals surface area contributed by atoms with Crippen LogP contribution in [0.15, 0.2) is 59.4 Å². The average molecular weight is 293 g/mol. The van der Waals surface area contributed by atoms with Crippen LogP contribution in [0.1, 0.15) is 11.3 Å². The predicted octanol–water partition coefficient (Wildman–Crippen LogP) is 0.737. The third-order valence-electron chi connectivity index (χ3n) is 3.43. The Morgan fingerprint density at radius 3 is 2.32 bits per heavy atom. The van der Waals surface area contributed by atoms with E-state index >= 15 is 0 Å². The number of carboxylic acids is 1. The molecule has 0 spiro atoms. The minimum absolute atomic E-state index is 0.235. The van der Waals surface area contributed by atoms with Gasteiger partial charge in [-0.3, -0.25) is 4.79 Å². The SMILES string of the molecule is O=C([O-])Cc1nn(Cc2ccccc2)c(=O)c2ccccc12. The lowest BCUT2D eigenvalue weighted by molar-refractivity contribution is -0.304. The molecule has 22 heavy (non-hydrogen) atoms. The molecular weight excluding hydrogens is 280 g/mol. The molecule has 0 saturated carbocycles. The fourth-order valence-corrected chi connectivity index (χ4v) is 2.44. The molecule has 2 aromatic carbocycles. The molecule has 0 aliphatic carbocycles. The fraction of sp³-hybridized carbons (Fsp3) is 0.118. The number of carboxylic acid groups (broad SMARTS) is 1. The fourth-order valence-electron chi connectivity index (χ4n) is 2.44. The third kappa shape index (κ3) is 2.74. The van der Waals surface area contributed by atoms with Gasteiger partial charge in [-0.2, -0.15) is 5.10 Å². The lowest BCUT2D eigenvalue weighted by Crippen LogP contribution is -2.29. The Kier molecular flexibility index (Phi) is 3.70. The van der Waals surface area contributed by atoms with Crippen LogP contribution in [0.2, 0.25) is 0 Å². The number of nitrogens with zero attached hydrogens (tertiary/aromatic N) is 2. The first-order chi connectivity index (χ1) is 10.6. The summed E-state index contributed by atoms with van der Waals surface area (Å²) in [6, 6.07) is 16.3. The lowest BCUT2D eigenvalue weighted by Gasteiger charge is -2.11. The summed E-state index contributed by atoms with van der Waals surface area (Å²) in [7, 11) is 0. The maximum Gasteiger partial charge on any atom is 0.274 e. The van der Waals surface area contributed by atoms with Crippen molar-refractivity contribution < 1.29 is 9.90 Å². The van der Waals surface area contributed by atoms with Gasteiger partial charge in [0.25, 0.3) is 5.56 Å². The molecule has 3 aromatic rings. The van der Waals surface area contributed by atoms with E-state index in [4.69, 9.17) is 0 Å². The van der Waals surface area contributed by atoms with Crippen molar-refractivity contribution in [3.8, 4) is 0 Å². The third-order valence-corrected chi connectivity index (χ3v) is 3.43. The van der Waals surface area contributed by atoms with Crippen LogP contribution >= 0.6 is 0 Å². The van der Waals surface area contributed by atoms with E-state index in [0.717, 1.165) is 5.56 Å². The van der Waals surface area contributed by atoms with Gasteiger partial charge in [0, 0.05) is 17.8 Å². The Balaban J connectivity index is 2.16. The van der Waals surface area contributed by atoms with E-state index in [1.54, 1.807) is 24.3 Å². The summed E-state index contributed by atoms with van der Waals surface area (Å²) in [6.45, 7) is 0.296. The molecule has 110 valence electrons. The summed E-state index contributed by atoms with van der Waals surface area (Å²) in [6.07, 6.45) is -0.324. The standard InChI is InChI=1S/C17H14N2O3/c20-16(21)10-15-13-8-4-5-9-14(13)17(22)19(18-15)11-12-6-2-1-3-7-12/h1-9H,10-11H2,(H,20,21)/p-1. The second-order valence-electron chi connectivity index (χ2n) is 4.99. The van der Waals surface area contributed by atoms with Crippen LogP contribution < -0.4 is 10.7 Å². The Morgan fingerprint density at radius 2 is 1.64 bits per heavy atom. The van der Waals surface area contributed by atoms with Gasteiger partial charge in [-0.05, 0) is 11.6 Å². The molecule has 0 fully saturated rings. The summed E-state index contributed by atoms with van der Waals surface area (Å²) in [4.78, 5) is 23.4. The van der Waals surface area contributed by atoms with Crippen molar-refractivity contribution in [2.75, 3.05) is 0 Å². The summed E-state index contributed by atoms with van der Waals surface area (Å²) >= 11 is 0. The summed E-state index contributed by atoms with van der Waals surface area (Å²) in [5.41, 5.74) is 1.03. The van der Waals surface area contributed by atoms with Crippen molar-refractivity contribution in [2.24, 2.45) is 0 Å². The van der Waals surface area contributed by atoms with Gasteiger partial charge >= 0.3 is 0 Å². The smallest absolute Gasteiger partial charge is 0.274 e. The van der Waals surface area contributed by atoms with E-state index in [1.165, 1.54) is 4.68 Å². The zero-order valence-electron chi connectivity index (χ0n) is 11.7. The van der Waals surface area contributed by atoms with Gasteiger partial charge in [0.15, 0.2) is 0 Å². The number of carbonyl (C=O) groups is 1. The van der Waals surface area contributed by atoms with Crippen LogP contribution in [0.25, 0.3) is 10.8 Å². The van der Waals surface area contributed by atoms with Gasteiger partial charge in [-0.25, -0.2) is 4.68 Å². The number of aliphatic carboxylic acids is 1. The Labute approximate surface area is 126 Å². The first kappa shape index (κ1) is 14.0. The molecule has 5 nitrogen and oxygen atoms in total. The van der Waals surface area contributed by atoms with Crippen molar-refractivity contribution in [1.82, 2.24) is 9.78 Å². The Morgan fingerprint density at radius 1 is 1.00 bits per heavy atom. The van der Waals surface area contributed by atoms with Gasteiger partial charge in [-0.15, -0.1) is 0 Å². The van der Waals surface area contributed by atoms with E-state index in [-0.39, 0.29) is 12.0 Å². The van der Waals surface area contributed by atoms with Crippen molar-refractivity contribution in [1.29, 1.82) is 0 Å². The molecule has 0 radical (unpaired) electrons. The molecule has 0 N–H and O–H groups in total. The first-order valence-electron chi connectivity index (χ1n) is 6.87. The van der Waals surface area contributed by atoms with E-state index in [0.29, 0.717) is 23.0 Å². The highest BCUT2D eigenvalue weighted by Crippen LogP contribution is 2.14. The normalized spacial score (nSPS) is 10.7. The molecule has 0 bridgehead atoms. The minimum Gasteiger partial charge on any atom is -0.550 e. The van der Waals surface area contributed by atoms with Gasteiger partial charge in [-0.1, -0.05) is 48.5 Å². The van der Waals surface area contributed by atoms with Gasteiger partial charge < -0.3 is 9.90 Å². The lowest BCUT2D eigenvalue weighted by atomic mass is 10.1. The molecule has 0 aliphatic rings. The first-order valence-corrected chi connectivity index (χ1v) is 6.87. The van der Waals surface area contributed by atoms with E-state index in [2.05, 4.69) is 5.10 Å². The molecule has 3 rings (SSSR count). The molecule has 0 amide bonds. The maximum absolute atomic E-state index is 12.5. The summed E-state index contributed by atoms with van der Waals surface area (Å²) < 4.78 is 1.30. The Hall–Kier alpha value is -2.95. The van der Waals surface area contributed by atoms with Crippen LogP contribution in [-0.4, -0.2) is 15.7 Å². The maximum atomic E-state index is 12.5. The van der Waals surface area contributed by atoms with E-state index in [9.17, 15) is 14.7 Å². The zero-order chi connectivity index (χ0) is 15.5. The van der Waals surface area contributed by atoms with Crippen molar-refractivity contribution in [3.05, 3.63) is 76.2 Å². The molecule has 1 heterocycles. The second kappa shape index (κ2) is 5.81. The molecule has 0 atom stereocenters. The average Bonchev–Trinajstić information content (AvgIpc) is 2.52. The Bertz CT molecular complexity index is 885. The summed E-state index contributed by atoms with van der Waals surface area (Å²) in [5, 5.41) is 16.2. The summed E-state index contributed by atoms with van der Waals surface area (Å²) in [5.74, 6) is -1.22. The zero-order valence-corrected chi connectivity index (χ0v) is 11.7. The van der Waals surface area contributed by atoms with Gasteiger partial charge in [0.05, 0.1) is 17.6 Å². The molecule has 5 heteroatoms. The van der Waals surface area contributed by atoms with E-state index < -0.39 is 5.97 Å². The largest absolute Gasteiger partial charge is 0.550 e. The van der Waals surface area contributed by atoms with Crippen molar-refractivity contribution in [3.63, 3.8) is 0 Å². The number of aromatic nitrogens is 2. The molecule has 0 unspecified atom stereocenters. The highest BCUT2D eigenvalue weighted by atomic mass is 16.4. The topological polar surface area (TPSA) is 75.0 Å². The number of benzene rings is 2. The monoisotopic (exact) mass is 293 g/mol. The molecular formula is C17H13N2O3-. The number of hydrogen-bond acceptors (Lipinski definition) is 4.